The van der Waals surface area contributed by atoms with E-state index in [4.69, 9.17) is 9.47 Å². The average molecular weight is 402 g/mol. The first-order valence-corrected chi connectivity index (χ1v) is 9.72. The van der Waals surface area contributed by atoms with Crippen LogP contribution in [0.5, 0.6) is 11.5 Å². The van der Waals surface area contributed by atoms with Gasteiger partial charge in [0.05, 0.1) is 19.6 Å². The van der Waals surface area contributed by atoms with Crippen molar-refractivity contribution in [2.45, 2.75) is 25.4 Å². The summed E-state index contributed by atoms with van der Waals surface area (Å²) in [5, 5.41) is 0. The summed E-state index contributed by atoms with van der Waals surface area (Å²) in [5.41, 5.74) is 2.17. The Morgan fingerprint density at radius 2 is 1.38 bits per heavy atom. The van der Waals surface area contributed by atoms with E-state index in [0.717, 1.165) is 29.0 Å². The molecule has 29 heavy (non-hydrogen) atoms. The van der Waals surface area contributed by atoms with Crippen LogP contribution in [0.4, 0.5) is 13.2 Å². The van der Waals surface area contributed by atoms with Crippen LogP contribution in [0, 0.1) is 11.8 Å². The number of halogens is 3. The quantitative estimate of drug-likeness (QED) is 0.526. The number of rotatable bonds is 8. The molecular weight excluding hydrogens is 377 g/mol. The Hall–Kier alpha value is -2.69. The Morgan fingerprint density at radius 3 is 2.00 bits per heavy atom. The highest BCUT2D eigenvalue weighted by Crippen LogP contribution is 2.37. The Morgan fingerprint density at radius 1 is 0.793 bits per heavy atom. The lowest BCUT2D eigenvalue weighted by atomic mass is 9.84. The molecule has 0 saturated carbocycles. The third kappa shape index (κ3) is 6.14. The van der Waals surface area contributed by atoms with Crippen LogP contribution in [-0.2, 0) is 12.8 Å². The van der Waals surface area contributed by atoms with Gasteiger partial charge in [0.25, 0.3) is 0 Å². The Labute approximate surface area is 169 Å². The Balaban J connectivity index is 1.46. The monoisotopic (exact) mass is 402 g/mol. The fourth-order valence-corrected chi connectivity index (χ4v) is 3.45. The summed E-state index contributed by atoms with van der Waals surface area (Å²) in [5.74, 6) is -0.323. The lowest BCUT2D eigenvalue weighted by Crippen LogP contribution is -2.29. The van der Waals surface area contributed by atoms with Crippen molar-refractivity contribution in [3.8, 4) is 11.5 Å². The molecule has 0 amide bonds. The summed E-state index contributed by atoms with van der Waals surface area (Å²) < 4.78 is 50.3. The van der Waals surface area contributed by atoms with Gasteiger partial charge in [-0.1, -0.05) is 48.6 Å². The number of allylic oxidation sites excluding steroid dienone is 4. The van der Waals surface area contributed by atoms with Gasteiger partial charge in [-0.15, -0.1) is 0 Å². The highest BCUT2D eigenvalue weighted by Gasteiger charge is 2.42. The lowest BCUT2D eigenvalue weighted by molar-refractivity contribution is -0.170. The summed E-state index contributed by atoms with van der Waals surface area (Å²) in [6.07, 6.45) is 3.74. The maximum Gasteiger partial charge on any atom is 0.395 e. The van der Waals surface area contributed by atoms with Gasteiger partial charge in [-0.3, -0.25) is 0 Å². The molecule has 0 fully saturated rings. The number of methoxy groups -OCH3 is 1. The van der Waals surface area contributed by atoms with Crippen molar-refractivity contribution in [3.63, 3.8) is 0 Å². The molecule has 0 N–H and O–H groups in total. The molecule has 3 rings (SSSR count). The zero-order valence-electron chi connectivity index (χ0n) is 16.4. The molecule has 1 aliphatic rings. The number of hydrogen-bond acceptors (Lipinski definition) is 2. The van der Waals surface area contributed by atoms with Gasteiger partial charge in [0.15, 0.2) is 0 Å². The molecule has 0 bridgehead atoms. The number of ether oxygens (including phenoxy) is 2. The normalized spacial score (nSPS) is 18.6. The van der Waals surface area contributed by atoms with Crippen molar-refractivity contribution in [3.05, 3.63) is 84.0 Å². The summed E-state index contributed by atoms with van der Waals surface area (Å²) in [7, 11) is 1.64. The Bertz CT molecular complexity index is 821. The minimum Gasteiger partial charge on any atom is -0.497 e. The van der Waals surface area contributed by atoms with Crippen LogP contribution in [0.1, 0.15) is 17.5 Å². The molecule has 0 spiro atoms. The maximum absolute atomic E-state index is 13.1. The predicted octanol–water partition coefficient (Wildman–Crippen LogP) is 6.17. The molecule has 5 heteroatoms. The molecular formula is C24H25F3O2. The minimum absolute atomic E-state index is 0.461. The van der Waals surface area contributed by atoms with Crippen molar-refractivity contribution < 1.29 is 22.6 Å². The van der Waals surface area contributed by atoms with Crippen LogP contribution in [-0.4, -0.2) is 19.9 Å². The van der Waals surface area contributed by atoms with Gasteiger partial charge in [0.2, 0.25) is 0 Å². The van der Waals surface area contributed by atoms with Crippen LogP contribution in [0.25, 0.3) is 0 Å². The SMILES string of the molecule is COc1ccc(CCOc2ccc(CCC3C=CC=CC3C(F)(F)F)cc2)cc1. The number of aryl methyl sites for hydroxylation is 1. The summed E-state index contributed by atoms with van der Waals surface area (Å²) in [6.45, 7) is 0.554. The Kier molecular flexibility index (Phi) is 7.02. The third-order valence-corrected chi connectivity index (χ3v) is 5.14. The molecule has 2 unspecified atom stereocenters. The second kappa shape index (κ2) is 9.68. The first kappa shape index (κ1) is 21.0. The van der Waals surface area contributed by atoms with Gasteiger partial charge in [-0.25, -0.2) is 0 Å². The second-order valence-electron chi connectivity index (χ2n) is 7.13. The van der Waals surface area contributed by atoms with Crippen molar-refractivity contribution in [2.75, 3.05) is 13.7 Å². The van der Waals surface area contributed by atoms with Crippen LogP contribution < -0.4 is 9.47 Å². The zero-order valence-corrected chi connectivity index (χ0v) is 16.4. The molecule has 0 aliphatic heterocycles. The average Bonchev–Trinajstić information content (AvgIpc) is 2.73. The van der Waals surface area contributed by atoms with Gasteiger partial charge in [-0.05, 0) is 54.2 Å². The molecule has 0 saturated heterocycles. The molecule has 2 aromatic carbocycles. The molecule has 0 radical (unpaired) electrons. The highest BCUT2D eigenvalue weighted by molar-refractivity contribution is 5.29. The van der Waals surface area contributed by atoms with E-state index in [2.05, 4.69) is 0 Å². The lowest BCUT2D eigenvalue weighted by Gasteiger charge is -2.26. The largest absolute Gasteiger partial charge is 0.497 e. The van der Waals surface area contributed by atoms with E-state index in [1.54, 1.807) is 19.3 Å². The minimum atomic E-state index is -4.20. The van der Waals surface area contributed by atoms with Crippen LogP contribution in [0.2, 0.25) is 0 Å². The first-order valence-electron chi connectivity index (χ1n) is 9.72. The summed E-state index contributed by atoms with van der Waals surface area (Å²) >= 11 is 0. The third-order valence-electron chi connectivity index (χ3n) is 5.14. The van der Waals surface area contributed by atoms with E-state index in [1.807, 2.05) is 48.5 Å². The second-order valence-corrected chi connectivity index (χ2v) is 7.13. The van der Waals surface area contributed by atoms with E-state index >= 15 is 0 Å². The zero-order chi connectivity index (χ0) is 20.7. The highest BCUT2D eigenvalue weighted by atomic mass is 19.4. The van der Waals surface area contributed by atoms with Crippen molar-refractivity contribution >= 4 is 0 Å². The van der Waals surface area contributed by atoms with E-state index < -0.39 is 18.0 Å². The summed E-state index contributed by atoms with van der Waals surface area (Å²) in [6, 6.07) is 15.5. The van der Waals surface area contributed by atoms with E-state index in [0.29, 0.717) is 19.4 Å². The fourth-order valence-electron chi connectivity index (χ4n) is 3.45. The van der Waals surface area contributed by atoms with Gasteiger partial charge in [0.1, 0.15) is 11.5 Å². The molecule has 0 aromatic heterocycles. The van der Waals surface area contributed by atoms with Gasteiger partial charge in [-0.2, -0.15) is 13.2 Å². The van der Waals surface area contributed by atoms with E-state index in [1.165, 1.54) is 12.2 Å². The smallest absolute Gasteiger partial charge is 0.395 e. The van der Waals surface area contributed by atoms with Gasteiger partial charge >= 0.3 is 6.18 Å². The number of alkyl halides is 3. The van der Waals surface area contributed by atoms with E-state index in [-0.39, 0.29) is 0 Å². The van der Waals surface area contributed by atoms with Crippen molar-refractivity contribution in [2.24, 2.45) is 11.8 Å². The molecule has 2 aromatic rings. The van der Waals surface area contributed by atoms with Crippen molar-refractivity contribution in [1.82, 2.24) is 0 Å². The first-order chi connectivity index (χ1) is 14.0. The molecule has 0 heterocycles. The summed E-state index contributed by atoms with van der Waals surface area (Å²) in [4.78, 5) is 0. The van der Waals surface area contributed by atoms with Crippen LogP contribution in [0.3, 0.4) is 0 Å². The fraction of sp³-hybridized carbons (Fsp3) is 0.333. The maximum atomic E-state index is 13.1. The number of hydrogen-bond donors (Lipinski definition) is 0. The number of benzene rings is 2. The van der Waals surface area contributed by atoms with E-state index in [9.17, 15) is 13.2 Å². The van der Waals surface area contributed by atoms with Gasteiger partial charge < -0.3 is 9.47 Å². The predicted molar refractivity (Wildman–Crippen MR) is 108 cm³/mol. The molecule has 154 valence electrons. The van der Waals surface area contributed by atoms with Crippen molar-refractivity contribution in [1.29, 1.82) is 0 Å². The molecule has 1 aliphatic carbocycles. The van der Waals surface area contributed by atoms with Crippen LogP contribution >= 0.6 is 0 Å². The molecule has 2 atom stereocenters. The molecule has 2 nitrogen and oxygen atoms in total. The topological polar surface area (TPSA) is 18.5 Å². The van der Waals surface area contributed by atoms with Gasteiger partial charge in [0, 0.05) is 6.42 Å². The standard InChI is InChI=1S/C24H25F3O2/c1-28-21-12-7-19(8-13-21)16-17-29-22-14-9-18(10-15-22)6-11-20-4-2-3-5-23(20)24(25,26)27/h2-5,7-10,12-15,20,23H,6,11,16-17H2,1H3. The van der Waals surface area contributed by atoms with Crippen LogP contribution in [0.15, 0.2) is 72.8 Å².